The molecule has 0 atom stereocenters. The van der Waals surface area contributed by atoms with Gasteiger partial charge in [-0.15, -0.1) is 0 Å². The Labute approximate surface area is 331 Å². The van der Waals surface area contributed by atoms with Gasteiger partial charge in [0.1, 0.15) is 0 Å². The molecule has 1 aliphatic rings. The Morgan fingerprint density at radius 3 is 1.40 bits per heavy atom. The summed E-state index contributed by atoms with van der Waals surface area (Å²) >= 11 is 0. The van der Waals surface area contributed by atoms with Crippen LogP contribution in [0.15, 0.2) is 216 Å². The molecule has 0 saturated heterocycles. The maximum Gasteiger partial charge on any atom is 0.210 e. The van der Waals surface area contributed by atoms with E-state index < -0.39 is 9.84 Å². The summed E-state index contributed by atoms with van der Waals surface area (Å²) in [5.74, 6) is 0. The largest absolute Gasteiger partial charge is 0.310 e. The van der Waals surface area contributed by atoms with Gasteiger partial charge in [0.15, 0.2) is 0 Å². The molecular weight excluding hydrogens is 717 g/mol. The molecule has 5 heteroatoms. The Kier molecular flexibility index (Phi) is 7.53. The highest BCUT2D eigenvalue weighted by Crippen LogP contribution is 2.48. The fourth-order valence-electron chi connectivity index (χ4n) is 8.62. The molecule has 1 heterocycles. The van der Waals surface area contributed by atoms with Gasteiger partial charge < -0.3 is 9.80 Å². The van der Waals surface area contributed by atoms with E-state index in [0.717, 1.165) is 33.9 Å². The number of anilines is 6. The molecule has 1 aliphatic heterocycles. The summed E-state index contributed by atoms with van der Waals surface area (Å²) in [6.45, 7) is 0. The predicted octanol–water partition coefficient (Wildman–Crippen LogP) is 14.1. The summed E-state index contributed by atoms with van der Waals surface area (Å²) in [4.78, 5) is 5.01. The number of rotatable bonds is 5. The second-order valence-electron chi connectivity index (χ2n) is 14.6. The molecule has 0 fully saturated rings. The monoisotopic (exact) mass is 750 g/mol. The number of hydrogen-bond donors (Lipinski definition) is 0. The maximum atomic E-state index is 13.7. The van der Waals surface area contributed by atoms with Crippen molar-refractivity contribution in [2.45, 2.75) is 9.79 Å². The first-order valence-electron chi connectivity index (χ1n) is 19.1. The summed E-state index contributed by atoms with van der Waals surface area (Å²) in [5.41, 5.74) is 7.46. The molecule has 10 aromatic carbocycles. The number of para-hydroxylation sites is 2. The van der Waals surface area contributed by atoms with Crippen LogP contribution in [0.25, 0.3) is 54.2 Å². The van der Waals surface area contributed by atoms with Gasteiger partial charge in [-0.25, -0.2) is 8.42 Å². The van der Waals surface area contributed by atoms with Crippen LogP contribution in [0.2, 0.25) is 0 Å². The van der Waals surface area contributed by atoms with E-state index in [1.165, 1.54) is 43.1 Å². The molecular formula is C52H34N2O2S. The van der Waals surface area contributed by atoms with Gasteiger partial charge in [-0.2, -0.15) is 0 Å². The second-order valence-corrected chi connectivity index (χ2v) is 16.5. The highest BCUT2D eigenvalue weighted by atomic mass is 32.2. The molecule has 11 rings (SSSR count). The molecule has 57 heavy (non-hydrogen) atoms. The Morgan fingerprint density at radius 2 is 0.825 bits per heavy atom. The minimum absolute atomic E-state index is 0.308. The van der Waals surface area contributed by atoms with Gasteiger partial charge in [0.05, 0.1) is 21.2 Å². The maximum absolute atomic E-state index is 13.7. The van der Waals surface area contributed by atoms with Crippen LogP contribution in [0.3, 0.4) is 0 Å². The summed E-state index contributed by atoms with van der Waals surface area (Å²) in [6.07, 6.45) is 0. The summed E-state index contributed by atoms with van der Waals surface area (Å²) < 4.78 is 27.3. The molecule has 0 bridgehead atoms. The summed E-state index contributed by atoms with van der Waals surface area (Å²) in [7, 11) is -3.65. The van der Waals surface area contributed by atoms with Crippen LogP contribution in [0.4, 0.5) is 34.1 Å². The topological polar surface area (TPSA) is 40.6 Å². The minimum atomic E-state index is -3.65. The van der Waals surface area contributed by atoms with Crippen molar-refractivity contribution in [2.24, 2.45) is 0 Å². The third-order valence-electron chi connectivity index (χ3n) is 11.3. The molecule has 0 radical (unpaired) electrons. The lowest BCUT2D eigenvalue weighted by Crippen LogP contribution is -2.22. The highest BCUT2D eigenvalue weighted by molar-refractivity contribution is 7.92. The predicted molar refractivity (Wildman–Crippen MR) is 237 cm³/mol. The number of benzene rings is 10. The van der Waals surface area contributed by atoms with Crippen molar-refractivity contribution in [3.63, 3.8) is 0 Å². The first-order chi connectivity index (χ1) is 28.0. The first-order valence-corrected chi connectivity index (χ1v) is 20.6. The molecule has 0 spiro atoms. The Morgan fingerprint density at radius 1 is 0.351 bits per heavy atom. The van der Waals surface area contributed by atoms with Crippen LogP contribution in [0.5, 0.6) is 0 Å². The van der Waals surface area contributed by atoms with Crippen LogP contribution in [-0.2, 0) is 9.84 Å². The normalized spacial score (nSPS) is 13.2. The van der Waals surface area contributed by atoms with Crippen molar-refractivity contribution in [3.05, 3.63) is 206 Å². The van der Waals surface area contributed by atoms with Gasteiger partial charge in [-0.05, 0) is 127 Å². The average molecular weight is 751 g/mol. The van der Waals surface area contributed by atoms with E-state index in [9.17, 15) is 8.42 Å². The smallest absolute Gasteiger partial charge is 0.210 e. The van der Waals surface area contributed by atoms with E-state index in [1.807, 2.05) is 36.4 Å². The average Bonchev–Trinajstić information content (AvgIpc) is 3.27. The van der Waals surface area contributed by atoms with Crippen LogP contribution < -0.4 is 9.80 Å². The molecule has 0 amide bonds. The lowest BCUT2D eigenvalue weighted by Gasteiger charge is -2.33. The lowest BCUT2D eigenvalue weighted by atomic mass is 9.99. The van der Waals surface area contributed by atoms with Gasteiger partial charge in [0, 0.05) is 22.7 Å². The van der Waals surface area contributed by atoms with Gasteiger partial charge >= 0.3 is 0 Å². The third kappa shape index (κ3) is 5.39. The number of sulfone groups is 1. The van der Waals surface area contributed by atoms with Gasteiger partial charge in [0.2, 0.25) is 9.84 Å². The van der Waals surface area contributed by atoms with E-state index in [2.05, 4.69) is 155 Å². The highest BCUT2D eigenvalue weighted by Gasteiger charge is 2.34. The van der Waals surface area contributed by atoms with Crippen molar-refractivity contribution in [3.8, 4) is 11.1 Å². The number of hydrogen-bond acceptors (Lipinski definition) is 4. The standard InChI is InChI=1S/C52H34N2O2S/c55-57(56)51-18-7-5-16-49(51)54(50-17-6-8-19-52(50)57)42-13-9-12-38(32-42)35-24-26-41(27-25-35)53(43-28-30-47-39(33-43)22-20-36-10-1-3-14-45(36)47)44-29-31-48-40(34-44)23-21-37-11-2-4-15-46(37)48/h1-34H. The molecule has 10 aromatic rings. The minimum Gasteiger partial charge on any atom is -0.310 e. The van der Waals surface area contributed by atoms with Crippen molar-refractivity contribution >= 4 is 87.1 Å². The molecule has 0 unspecified atom stereocenters. The number of fused-ring (bicyclic) bond motifs is 8. The van der Waals surface area contributed by atoms with E-state index in [4.69, 9.17) is 0 Å². The second kappa shape index (κ2) is 12.9. The number of nitrogens with zero attached hydrogens (tertiary/aromatic N) is 2. The quantitative estimate of drug-likeness (QED) is 0.164. The fraction of sp³-hybridized carbons (Fsp3) is 0. The fourth-order valence-corrected chi connectivity index (χ4v) is 10.2. The van der Waals surface area contributed by atoms with Crippen LogP contribution >= 0.6 is 0 Å². The summed E-state index contributed by atoms with van der Waals surface area (Å²) in [5, 5.41) is 9.78. The molecule has 270 valence electrons. The van der Waals surface area contributed by atoms with Crippen LogP contribution in [0, 0.1) is 0 Å². The SMILES string of the molecule is O=S1(=O)c2ccccc2N(c2cccc(-c3ccc(N(c4ccc5c(ccc6ccccc65)c4)c4ccc5c(ccc6ccccc65)c4)cc3)c2)c2ccccc21. The molecule has 0 N–H and O–H groups in total. The van der Waals surface area contributed by atoms with Crippen molar-refractivity contribution in [2.75, 3.05) is 9.80 Å². The van der Waals surface area contributed by atoms with E-state index in [1.54, 1.807) is 24.3 Å². The Bertz CT molecular complexity index is 3170. The lowest BCUT2D eigenvalue weighted by molar-refractivity contribution is 0.595. The molecule has 0 aromatic heterocycles. The van der Waals surface area contributed by atoms with E-state index >= 15 is 0 Å². The molecule has 0 saturated carbocycles. The zero-order valence-corrected chi connectivity index (χ0v) is 31.6. The zero-order valence-electron chi connectivity index (χ0n) is 30.7. The van der Waals surface area contributed by atoms with Gasteiger partial charge in [0.25, 0.3) is 0 Å². The molecule has 4 nitrogen and oxygen atoms in total. The van der Waals surface area contributed by atoms with Crippen molar-refractivity contribution in [1.82, 2.24) is 0 Å². The van der Waals surface area contributed by atoms with Crippen LogP contribution in [0.1, 0.15) is 0 Å². The van der Waals surface area contributed by atoms with Crippen molar-refractivity contribution in [1.29, 1.82) is 0 Å². The van der Waals surface area contributed by atoms with E-state index in [-0.39, 0.29) is 0 Å². The van der Waals surface area contributed by atoms with Gasteiger partial charge in [-0.1, -0.05) is 133 Å². The molecule has 0 aliphatic carbocycles. The zero-order chi connectivity index (χ0) is 38.1. The Balaban J connectivity index is 1.02. The van der Waals surface area contributed by atoms with Gasteiger partial charge in [-0.3, -0.25) is 0 Å². The van der Waals surface area contributed by atoms with E-state index in [0.29, 0.717) is 21.2 Å². The summed E-state index contributed by atoms with van der Waals surface area (Å²) in [6, 6.07) is 71.0. The third-order valence-corrected chi connectivity index (χ3v) is 13.2. The first kappa shape index (κ1) is 33.2. The Hall–Kier alpha value is -7.21. The van der Waals surface area contributed by atoms with Crippen LogP contribution in [-0.4, -0.2) is 8.42 Å². The van der Waals surface area contributed by atoms with Crippen molar-refractivity contribution < 1.29 is 8.42 Å².